The number of carbonyl (C=O) groups is 1. The van der Waals surface area contributed by atoms with Crippen LogP contribution in [0, 0.1) is 5.82 Å². The van der Waals surface area contributed by atoms with E-state index in [1.165, 1.54) is 18.5 Å². The number of hydrogen-bond donors (Lipinski definition) is 0. The van der Waals surface area contributed by atoms with Crippen LogP contribution in [0.5, 0.6) is 0 Å². The normalized spacial score (nSPS) is 14.5. The summed E-state index contributed by atoms with van der Waals surface area (Å²) in [5, 5.41) is 4.17. The molecule has 1 saturated heterocycles. The van der Waals surface area contributed by atoms with Crippen LogP contribution in [-0.2, 0) is 0 Å². The fraction of sp³-hybridized carbons (Fsp3) is 0.222. The van der Waals surface area contributed by atoms with Crippen LogP contribution in [0.1, 0.15) is 10.4 Å². The van der Waals surface area contributed by atoms with Crippen molar-refractivity contribution in [1.82, 2.24) is 24.6 Å². The number of benzene rings is 1. The lowest BCUT2D eigenvalue weighted by Crippen LogP contribution is -2.49. The van der Waals surface area contributed by atoms with E-state index in [4.69, 9.17) is 0 Å². The van der Waals surface area contributed by atoms with E-state index in [1.54, 1.807) is 27.9 Å². The highest BCUT2D eigenvalue weighted by atomic mass is 19.1. The molecule has 0 radical (unpaired) electrons. The molecule has 0 bridgehead atoms. The highest BCUT2D eigenvalue weighted by Crippen LogP contribution is 2.17. The molecule has 1 amide bonds. The van der Waals surface area contributed by atoms with Gasteiger partial charge in [0.1, 0.15) is 18.0 Å². The highest BCUT2D eigenvalue weighted by Gasteiger charge is 2.24. The van der Waals surface area contributed by atoms with E-state index in [-0.39, 0.29) is 11.5 Å². The van der Waals surface area contributed by atoms with Gasteiger partial charge in [0, 0.05) is 44.6 Å². The third-order valence-corrected chi connectivity index (χ3v) is 4.37. The van der Waals surface area contributed by atoms with E-state index in [0.717, 1.165) is 5.82 Å². The van der Waals surface area contributed by atoms with Crippen LogP contribution in [0.2, 0.25) is 0 Å². The average Bonchev–Trinajstić information content (AvgIpc) is 3.23. The Balaban J connectivity index is 1.45. The van der Waals surface area contributed by atoms with Crippen molar-refractivity contribution in [2.45, 2.75) is 0 Å². The second kappa shape index (κ2) is 6.91. The van der Waals surface area contributed by atoms with Crippen molar-refractivity contribution in [3.63, 3.8) is 0 Å². The van der Waals surface area contributed by atoms with Crippen LogP contribution in [0.4, 0.5) is 10.2 Å². The molecule has 1 aliphatic heterocycles. The molecule has 1 aromatic carbocycles. The maximum atomic E-state index is 13.8. The molecule has 8 heteroatoms. The van der Waals surface area contributed by atoms with Crippen LogP contribution in [0.15, 0.2) is 55.1 Å². The molecule has 0 atom stereocenters. The van der Waals surface area contributed by atoms with Crippen molar-refractivity contribution in [3.8, 4) is 5.82 Å². The third-order valence-electron chi connectivity index (χ3n) is 4.37. The van der Waals surface area contributed by atoms with Crippen molar-refractivity contribution in [1.29, 1.82) is 0 Å². The maximum Gasteiger partial charge on any atom is 0.256 e. The Kier molecular flexibility index (Phi) is 4.30. The first kappa shape index (κ1) is 16.2. The van der Waals surface area contributed by atoms with Gasteiger partial charge in [0.25, 0.3) is 5.91 Å². The molecular weight excluding hydrogens is 335 g/mol. The second-order valence-electron chi connectivity index (χ2n) is 5.94. The predicted molar refractivity (Wildman–Crippen MR) is 93.7 cm³/mol. The molecule has 0 unspecified atom stereocenters. The number of halogens is 1. The smallest absolute Gasteiger partial charge is 0.256 e. The Bertz CT molecular complexity index is 906. The topological polar surface area (TPSA) is 67.2 Å². The number of nitrogens with zero attached hydrogens (tertiary/aromatic N) is 6. The van der Waals surface area contributed by atoms with E-state index in [9.17, 15) is 9.18 Å². The Morgan fingerprint density at radius 3 is 2.50 bits per heavy atom. The zero-order chi connectivity index (χ0) is 17.9. The highest BCUT2D eigenvalue weighted by molar-refractivity contribution is 5.94. The molecule has 0 aliphatic carbocycles. The Hall–Kier alpha value is -3.29. The molecule has 0 spiro atoms. The molecule has 132 valence electrons. The van der Waals surface area contributed by atoms with Crippen molar-refractivity contribution in [2.24, 2.45) is 0 Å². The van der Waals surface area contributed by atoms with Crippen molar-refractivity contribution in [3.05, 3.63) is 66.5 Å². The lowest BCUT2D eigenvalue weighted by Gasteiger charge is -2.35. The van der Waals surface area contributed by atoms with Gasteiger partial charge in [-0.1, -0.05) is 12.1 Å². The quantitative estimate of drug-likeness (QED) is 0.719. The van der Waals surface area contributed by atoms with Gasteiger partial charge in [-0.2, -0.15) is 5.10 Å². The maximum absolute atomic E-state index is 13.8. The van der Waals surface area contributed by atoms with Gasteiger partial charge in [-0.3, -0.25) is 4.79 Å². The molecule has 7 nitrogen and oxygen atoms in total. The van der Waals surface area contributed by atoms with Gasteiger partial charge in [-0.05, 0) is 18.2 Å². The molecule has 4 rings (SSSR count). The van der Waals surface area contributed by atoms with E-state index < -0.39 is 5.82 Å². The molecule has 0 saturated carbocycles. The lowest BCUT2D eigenvalue weighted by molar-refractivity contribution is 0.0742. The summed E-state index contributed by atoms with van der Waals surface area (Å²) < 4.78 is 15.5. The molecule has 1 fully saturated rings. The summed E-state index contributed by atoms with van der Waals surface area (Å²) in [7, 11) is 0. The number of rotatable bonds is 3. The van der Waals surface area contributed by atoms with Crippen LogP contribution in [0.3, 0.4) is 0 Å². The van der Waals surface area contributed by atoms with E-state index in [2.05, 4.69) is 20.0 Å². The Morgan fingerprint density at radius 1 is 1.00 bits per heavy atom. The molecule has 1 aliphatic rings. The first-order chi connectivity index (χ1) is 12.7. The molecule has 2 aromatic heterocycles. The minimum absolute atomic E-state index is 0.115. The zero-order valence-electron chi connectivity index (χ0n) is 14.0. The van der Waals surface area contributed by atoms with Crippen molar-refractivity contribution < 1.29 is 9.18 Å². The van der Waals surface area contributed by atoms with Gasteiger partial charge in [0.2, 0.25) is 0 Å². The largest absolute Gasteiger partial charge is 0.353 e. The van der Waals surface area contributed by atoms with Crippen LogP contribution in [-0.4, -0.2) is 56.7 Å². The van der Waals surface area contributed by atoms with Gasteiger partial charge >= 0.3 is 0 Å². The summed E-state index contributed by atoms with van der Waals surface area (Å²) in [6.07, 6.45) is 5.01. The SMILES string of the molecule is O=C(c1ccccc1F)N1CCN(c2cc(-n3cccn3)ncn2)CC1. The van der Waals surface area contributed by atoms with E-state index in [0.29, 0.717) is 32.0 Å². The number of amides is 1. The number of aromatic nitrogens is 4. The van der Waals surface area contributed by atoms with Gasteiger partial charge in [0.05, 0.1) is 5.56 Å². The second-order valence-corrected chi connectivity index (χ2v) is 5.94. The monoisotopic (exact) mass is 352 g/mol. The number of anilines is 1. The molecule has 26 heavy (non-hydrogen) atoms. The molecular formula is C18H17FN6O. The summed E-state index contributed by atoms with van der Waals surface area (Å²) in [5.74, 6) is 0.704. The van der Waals surface area contributed by atoms with E-state index >= 15 is 0 Å². The Morgan fingerprint density at radius 2 is 1.77 bits per heavy atom. The van der Waals surface area contributed by atoms with Gasteiger partial charge in [-0.15, -0.1) is 0 Å². The Labute approximate surface area is 149 Å². The van der Waals surface area contributed by atoms with Crippen LogP contribution in [0.25, 0.3) is 5.82 Å². The number of hydrogen-bond acceptors (Lipinski definition) is 5. The third kappa shape index (κ3) is 3.13. The van der Waals surface area contributed by atoms with Gasteiger partial charge in [0.15, 0.2) is 5.82 Å². The number of carbonyl (C=O) groups excluding carboxylic acids is 1. The summed E-state index contributed by atoms with van der Waals surface area (Å²) in [4.78, 5) is 24.8. The van der Waals surface area contributed by atoms with Crippen LogP contribution >= 0.6 is 0 Å². The average molecular weight is 352 g/mol. The minimum atomic E-state index is -0.486. The van der Waals surface area contributed by atoms with Crippen LogP contribution < -0.4 is 4.90 Å². The summed E-state index contributed by atoms with van der Waals surface area (Å²) in [6.45, 7) is 2.26. The van der Waals surface area contributed by atoms with Crippen molar-refractivity contribution in [2.75, 3.05) is 31.1 Å². The summed E-state index contributed by atoms with van der Waals surface area (Å²) in [6, 6.07) is 9.77. The van der Waals surface area contributed by atoms with Gasteiger partial charge in [-0.25, -0.2) is 19.0 Å². The standard InChI is InChI=1S/C18H17FN6O/c19-15-5-2-1-4-14(15)18(26)24-10-8-23(9-11-24)16-12-17(21-13-20-16)25-7-3-6-22-25/h1-7,12-13H,8-11H2. The molecule has 3 heterocycles. The first-order valence-electron chi connectivity index (χ1n) is 8.33. The fourth-order valence-electron chi connectivity index (χ4n) is 2.98. The predicted octanol–water partition coefficient (Wildman–Crippen LogP) is 1.76. The lowest BCUT2D eigenvalue weighted by atomic mass is 10.1. The van der Waals surface area contributed by atoms with Gasteiger partial charge < -0.3 is 9.80 Å². The first-order valence-corrected chi connectivity index (χ1v) is 8.33. The van der Waals surface area contributed by atoms with Crippen molar-refractivity contribution >= 4 is 11.7 Å². The van der Waals surface area contributed by atoms with E-state index in [1.807, 2.05) is 18.3 Å². The molecule has 3 aromatic rings. The number of piperazine rings is 1. The molecule has 0 N–H and O–H groups in total. The summed E-state index contributed by atoms with van der Waals surface area (Å²) >= 11 is 0. The minimum Gasteiger partial charge on any atom is -0.353 e. The zero-order valence-corrected chi connectivity index (χ0v) is 14.0. The fourth-order valence-corrected chi connectivity index (χ4v) is 2.98. The summed E-state index contributed by atoms with van der Waals surface area (Å²) in [5.41, 5.74) is 0.115.